The first-order chi connectivity index (χ1) is 1.73. The van der Waals surface area contributed by atoms with Crippen molar-refractivity contribution in [2.24, 2.45) is 0 Å². The van der Waals surface area contributed by atoms with Crippen LogP contribution in [0.1, 0.15) is 0 Å². The van der Waals surface area contributed by atoms with Crippen molar-refractivity contribution in [1.82, 2.24) is 0 Å². The van der Waals surface area contributed by atoms with E-state index in [1.807, 2.05) is 0 Å². The summed E-state index contributed by atoms with van der Waals surface area (Å²) >= 11 is 0. The summed E-state index contributed by atoms with van der Waals surface area (Å²) in [5, 5.41) is 14.8. The molecule has 0 saturated carbocycles. The second-order valence-electron chi connectivity index (χ2n) is 0.224. The van der Waals surface area contributed by atoms with Gasteiger partial charge in [-0.1, -0.05) is 0 Å². The van der Waals surface area contributed by atoms with Crippen LogP contribution in [0.15, 0.2) is 0 Å². The predicted molar refractivity (Wildman–Crippen MR) is 11.0 cm³/mol. The Morgan fingerprint density at radius 2 is 1.33 bits per heavy atom. The first kappa shape index (κ1) is 16.0. The molecule has 0 unspecified atom stereocenters. The number of rotatable bonds is 0. The summed E-state index contributed by atoms with van der Waals surface area (Å²) in [6, 6.07) is 0. The molecule has 0 aromatic carbocycles. The molecule has 0 fully saturated rings. The van der Waals surface area contributed by atoms with E-state index < -0.39 is 5.09 Å². The van der Waals surface area contributed by atoms with E-state index in [-0.39, 0.29) is 47.2 Å². The van der Waals surface area contributed by atoms with Crippen LogP contribution in [0.4, 0.5) is 0 Å². The molecule has 0 bridgehead atoms. The predicted octanol–water partition coefficient (Wildman–Crippen LogP) is -0.358. The van der Waals surface area contributed by atoms with Crippen LogP contribution in [0.25, 0.3) is 0 Å². The molecule has 0 aliphatic heterocycles. The third kappa shape index (κ3) is 197. The van der Waals surface area contributed by atoms with Gasteiger partial charge in [-0.05, 0) is 0 Å². The normalized spacial score (nSPS) is 4.00. The summed E-state index contributed by atoms with van der Waals surface area (Å²) in [5.41, 5.74) is 0. The second kappa shape index (κ2) is 9.11. The van der Waals surface area contributed by atoms with E-state index in [9.17, 15) is 0 Å². The van der Waals surface area contributed by atoms with Crippen molar-refractivity contribution in [3.05, 3.63) is 15.3 Å². The van der Waals surface area contributed by atoms with Crippen LogP contribution in [0.5, 0.6) is 0 Å². The van der Waals surface area contributed by atoms with Gasteiger partial charge in [0.05, 0.1) is 5.09 Å². The number of hydrogen-bond acceptors (Lipinski definition) is 3. The molecule has 0 rings (SSSR count). The standard InChI is InChI=1S/Ce.NO3.O/c;2-1(3)4;/q+3;-1;-2. The minimum absolute atomic E-state index is 0. The average Bonchev–Trinajstić information content (AvgIpc) is 0.811. The van der Waals surface area contributed by atoms with Gasteiger partial charge >= 0.3 is 41.7 Å². The van der Waals surface area contributed by atoms with Gasteiger partial charge < -0.3 is 20.8 Å². The molecular weight excluding hydrogens is 218 g/mol. The smallest absolute Gasteiger partial charge is 2.00 e. The third-order valence-electron chi connectivity index (χ3n) is 0. The average molecular weight is 218 g/mol. The Kier molecular flexibility index (Phi) is 24.3. The maximum absolute atomic E-state index is 8.25. The van der Waals surface area contributed by atoms with E-state index >= 15 is 0 Å². The minimum Gasteiger partial charge on any atom is -2.00 e. The topological polar surface area (TPSA) is 94.7 Å². The third-order valence-corrected chi connectivity index (χ3v) is 0. The molecule has 0 aromatic heterocycles. The molecule has 0 heterocycles. The van der Waals surface area contributed by atoms with Gasteiger partial charge in [0.1, 0.15) is 0 Å². The summed E-state index contributed by atoms with van der Waals surface area (Å²) in [4.78, 5) is 8.25. The quantitative estimate of drug-likeness (QED) is 0.410. The zero-order chi connectivity index (χ0) is 3.58. The molecule has 0 saturated heterocycles. The zero-order valence-electron chi connectivity index (χ0n) is 2.58. The molecule has 33 valence electrons. The number of nitrogens with zero attached hydrogens (tertiary/aromatic N) is 1. The SMILES string of the molecule is O=[N+]([O-])[O-].[Ce+3].[O-2]. The van der Waals surface area contributed by atoms with Crippen LogP contribution >= 0.6 is 0 Å². The van der Waals surface area contributed by atoms with E-state index in [2.05, 4.69) is 0 Å². The van der Waals surface area contributed by atoms with Gasteiger partial charge in [0.2, 0.25) is 0 Å². The molecule has 0 aliphatic carbocycles. The van der Waals surface area contributed by atoms with E-state index in [0.29, 0.717) is 0 Å². The molecule has 1 radical (unpaired) electrons. The van der Waals surface area contributed by atoms with E-state index in [1.165, 1.54) is 0 Å². The summed E-state index contributed by atoms with van der Waals surface area (Å²) in [6.07, 6.45) is 0. The van der Waals surface area contributed by atoms with Gasteiger partial charge in [0.15, 0.2) is 0 Å². The maximum atomic E-state index is 8.25. The number of hydrogen-bond donors (Lipinski definition) is 0. The van der Waals surface area contributed by atoms with Crippen molar-refractivity contribution in [3.8, 4) is 0 Å². The van der Waals surface area contributed by atoms with E-state index in [1.54, 1.807) is 0 Å². The van der Waals surface area contributed by atoms with Crippen molar-refractivity contribution in [1.29, 1.82) is 0 Å². The fourth-order valence-corrected chi connectivity index (χ4v) is 0. The summed E-state index contributed by atoms with van der Waals surface area (Å²) < 4.78 is 0. The van der Waals surface area contributed by atoms with Crippen LogP contribution < -0.4 is 0 Å². The van der Waals surface area contributed by atoms with Crippen LogP contribution in [0.2, 0.25) is 0 Å². The molecule has 6 heteroatoms. The molecule has 0 aromatic rings. The molecule has 0 N–H and O–H groups in total. The van der Waals surface area contributed by atoms with E-state index in [4.69, 9.17) is 15.3 Å². The Bertz CT molecular complexity index is 30.5. The van der Waals surface area contributed by atoms with Crippen molar-refractivity contribution in [2.75, 3.05) is 0 Å². The van der Waals surface area contributed by atoms with Gasteiger partial charge in [-0.15, -0.1) is 0 Å². The Balaban J connectivity index is -0.0000000450. The van der Waals surface area contributed by atoms with E-state index in [0.717, 1.165) is 0 Å². The molecular formula is CeNO4. The minimum atomic E-state index is -1.75. The molecule has 5 nitrogen and oxygen atoms in total. The molecule has 0 atom stereocenters. The second-order valence-corrected chi connectivity index (χ2v) is 0.224. The Labute approximate surface area is 67.1 Å². The van der Waals surface area contributed by atoms with Crippen LogP contribution in [-0.4, -0.2) is 5.09 Å². The Hall–Kier alpha value is 0.537. The van der Waals surface area contributed by atoms with Crippen molar-refractivity contribution >= 4 is 0 Å². The van der Waals surface area contributed by atoms with Crippen molar-refractivity contribution in [2.45, 2.75) is 0 Å². The molecule has 0 spiro atoms. The first-order valence-electron chi connectivity index (χ1n) is 0.548. The summed E-state index contributed by atoms with van der Waals surface area (Å²) in [6.45, 7) is 0. The van der Waals surface area contributed by atoms with Crippen LogP contribution in [0.3, 0.4) is 0 Å². The fourth-order valence-electron chi connectivity index (χ4n) is 0. The monoisotopic (exact) mass is 218 g/mol. The zero-order valence-corrected chi connectivity index (χ0v) is 5.72. The Morgan fingerprint density at radius 3 is 1.33 bits per heavy atom. The molecule has 6 heavy (non-hydrogen) atoms. The van der Waals surface area contributed by atoms with Crippen LogP contribution in [0, 0.1) is 57.1 Å². The first-order valence-corrected chi connectivity index (χ1v) is 0.548. The molecule has 0 aliphatic rings. The van der Waals surface area contributed by atoms with Gasteiger partial charge in [-0.25, -0.2) is 0 Å². The Morgan fingerprint density at radius 1 is 1.33 bits per heavy atom. The van der Waals surface area contributed by atoms with Gasteiger partial charge in [-0.3, -0.25) is 0 Å². The van der Waals surface area contributed by atoms with Gasteiger partial charge in [-0.2, -0.15) is 0 Å². The van der Waals surface area contributed by atoms with Gasteiger partial charge in [0, 0.05) is 0 Å². The maximum Gasteiger partial charge on any atom is 3.00 e. The summed E-state index contributed by atoms with van der Waals surface area (Å²) in [7, 11) is 0. The van der Waals surface area contributed by atoms with Crippen LogP contribution in [-0.2, 0) is 5.48 Å². The van der Waals surface area contributed by atoms with Crippen molar-refractivity contribution in [3.63, 3.8) is 0 Å². The van der Waals surface area contributed by atoms with Gasteiger partial charge in [0.25, 0.3) is 0 Å². The molecule has 0 amide bonds. The summed E-state index contributed by atoms with van der Waals surface area (Å²) in [5.74, 6) is 0. The van der Waals surface area contributed by atoms with Crippen molar-refractivity contribution < 1.29 is 52.3 Å². The largest absolute Gasteiger partial charge is 3.00 e. The fraction of sp³-hybridized carbons (Fsp3) is 0.